The molecular weight excluding hydrogens is 230 g/mol. The molecule has 1 saturated heterocycles. The standard InChI is InChI=1S/C12H19N5O/c1-3-13-12-14-6-4-11(16-12)17-7-5-10(8-17)15-9(2)18/h4,6,10H,3,5,7-8H2,1-2H3,(H,15,18)(H,13,14,16). The van der Waals surface area contributed by atoms with E-state index in [1.165, 1.54) is 0 Å². The fourth-order valence-electron chi connectivity index (χ4n) is 2.14. The zero-order valence-electron chi connectivity index (χ0n) is 10.8. The molecule has 6 nitrogen and oxygen atoms in total. The molecular formula is C12H19N5O. The van der Waals surface area contributed by atoms with Crippen LogP contribution in [0.5, 0.6) is 0 Å². The average molecular weight is 249 g/mol. The lowest BCUT2D eigenvalue weighted by molar-refractivity contribution is -0.119. The van der Waals surface area contributed by atoms with Crippen molar-refractivity contribution in [2.24, 2.45) is 0 Å². The van der Waals surface area contributed by atoms with Gasteiger partial charge in [-0.2, -0.15) is 4.98 Å². The molecule has 18 heavy (non-hydrogen) atoms. The summed E-state index contributed by atoms with van der Waals surface area (Å²) in [5.41, 5.74) is 0. The Labute approximate surface area is 107 Å². The molecule has 0 aliphatic carbocycles. The van der Waals surface area contributed by atoms with Crippen molar-refractivity contribution < 1.29 is 4.79 Å². The van der Waals surface area contributed by atoms with Gasteiger partial charge >= 0.3 is 0 Å². The zero-order chi connectivity index (χ0) is 13.0. The van der Waals surface area contributed by atoms with Gasteiger partial charge in [-0.1, -0.05) is 0 Å². The van der Waals surface area contributed by atoms with Crippen molar-refractivity contribution in [3.8, 4) is 0 Å². The van der Waals surface area contributed by atoms with Crippen molar-refractivity contribution in [1.29, 1.82) is 0 Å². The van der Waals surface area contributed by atoms with E-state index in [2.05, 4.69) is 25.5 Å². The highest BCUT2D eigenvalue weighted by atomic mass is 16.1. The number of aromatic nitrogens is 2. The van der Waals surface area contributed by atoms with Crippen molar-refractivity contribution in [3.63, 3.8) is 0 Å². The van der Waals surface area contributed by atoms with E-state index in [0.29, 0.717) is 5.95 Å². The fourth-order valence-corrected chi connectivity index (χ4v) is 2.14. The number of hydrogen-bond donors (Lipinski definition) is 2. The Morgan fingerprint density at radius 1 is 1.61 bits per heavy atom. The second-order valence-electron chi connectivity index (χ2n) is 4.40. The van der Waals surface area contributed by atoms with Crippen LogP contribution in [0.2, 0.25) is 0 Å². The number of carbonyl (C=O) groups excluding carboxylic acids is 1. The summed E-state index contributed by atoms with van der Waals surface area (Å²) in [6, 6.07) is 2.12. The molecule has 1 aliphatic heterocycles. The van der Waals surface area contributed by atoms with Crippen LogP contribution in [0.3, 0.4) is 0 Å². The molecule has 1 unspecified atom stereocenters. The largest absolute Gasteiger partial charge is 0.354 e. The molecule has 6 heteroatoms. The third kappa shape index (κ3) is 3.09. The minimum Gasteiger partial charge on any atom is -0.354 e. The predicted molar refractivity (Wildman–Crippen MR) is 70.6 cm³/mol. The van der Waals surface area contributed by atoms with Crippen molar-refractivity contribution >= 4 is 17.7 Å². The Hall–Kier alpha value is -1.85. The summed E-state index contributed by atoms with van der Waals surface area (Å²) in [6.45, 7) is 6.09. The van der Waals surface area contributed by atoms with Crippen LogP contribution in [-0.2, 0) is 4.79 Å². The smallest absolute Gasteiger partial charge is 0.224 e. The first-order valence-electron chi connectivity index (χ1n) is 6.28. The zero-order valence-corrected chi connectivity index (χ0v) is 10.8. The summed E-state index contributed by atoms with van der Waals surface area (Å²) in [4.78, 5) is 21.8. The number of nitrogens with one attached hydrogen (secondary N) is 2. The molecule has 2 heterocycles. The summed E-state index contributed by atoms with van der Waals surface area (Å²) in [7, 11) is 0. The maximum absolute atomic E-state index is 11.0. The van der Waals surface area contributed by atoms with Gasteiger partial charge in [0.05, 0.1) is 0 Å². The third-order valence-corrected chi connectivity index (χ3v) is 2.90. The SMILES string of the molecule is CCNc1nccc(N2CCC(NC(C)=O)C2)n1. The minimum absolute atomic E-state index is 0.0258. The molecule has 1 atom stereocenters. The Kier molecular flexibility index (Phi) is 3.96. The van der Waals surface area contributed by atoms with Gasteiger partial charge in [0.15, 0.2) is 0 Å². The molecule has 1 aliphatic rings. The lowest BCUT2D eigenvalue weighted by atomic mass is 10.3. The Balaban J connectivity index is 2.00. The molecule has 1 aromatic rings. The second-order valence-corrected chi connectivity index (χ2v) is 4.40. The maximum atomic E-state index is 11.0. The Bertz CT molecular complexity index is 423. The number of amides is 1. The first-order chi connectivity index (χ1) is 8.69. The van der Waals surface area contributed by atoms with Crippen molar-refractivity contribution in [2.75, 3.05) is 29.9 Å². The number of carbonyl (C=O) groups is 1. The van der Waals surface area contributed by atoms with E-state index in [1.807, 2.05) is 13.0 Å². The molecule has 98 valence electrons. The van der Waals surface area contributed by atoms with Gasteiger partial charge in [-0.3, -0.25) is 4.79 Å². The van der Waals surface area contributed by atoms with E-state index in [4.69, 9.17) is 0 Å². The van der Waals surface area contributed by atoms with Gasteiger partial charge in [-0.15, -0.1) is 0 Å². The van der Waals surface area contributed by atoms with Crippen LogP contribution >= 0.6 is 0 Å². The van der Waals surface area contributed by atoms with Gasteiger partial charge in [0.2, 0.25) is 11.9 Å². The van der Waals surface area contributed by atoms with Crippen LogP contribution < -0.4 is 15.5 Å². The lowest BCUT2D eigenvalue weighted by Gasteiger charge is -2.18. The van der Waals surface area contributed by atoms with Crippen molar-refractivity contribution in [3.05, 3.63) is 12.3 Å². The second kappa shape index (κ2) is 5.66. The molecule has 2 rings (SSSR count). The number of nitrogens with zero attached hydrogens (tertiary/aromatic N) is 3. The van der Waals surface area contributed by atoms with Crippen LogP contribution in [-0.4, -0.2) is 41.6 Å². The maximum Gasteiger partial charge on any atom is 0.224 e. The summed E-state index contributed by atoms with van der Waals surface area (Å²) < 4.78 is 0. The quantitative estimate of drug-likeness (QED) is 0.818. The summed E-state index contributed by atoms with van der Waals surface area (Å²) >= 11 is 0. The molecule has 1 amide bonds. The first kappa shape index (κ1) is 12.6. The third-order valence-electron chi connectivity index (χ3n) is 2.90. The van der Waals surface area contributed by atoms with Crippen molar-refractivity contribution in [1.82, 2.24) is 15.3 Å². The molecule has 2 N–H and O–H groups in total. The number of anilines is 2. The topological polar surface area (TPSA) is 70.2 Å². The van der Waals surface area contributed by atoms with Crippen LogP contribution in [0.15, 0.2) is 12.3 Å². The highest BCUT2D eigenvalue weighted by Crippen LogP contribution is 2.18. The van der Waals surface area contributed by atoms with Gasteiger partial charge < -0.3 is 15.5 Å². The summed E-state index contributed by atoms with van der Waals surface area (Å²) in [6.07, 6.45) is 2.71. The first-order valence-corrected chi connectivity index (χ1v) is 6.28. The average Bonchev–Trinajstić information content (AvgIpc) is 2.77. The molecule has 1 fully saturated rings. The number of hydrogen-bond acceptors (Lipinski definition) is 5. The van der Waals surface area contributed by atoms with E-state index in [9.17, 15) is 4.79 Å². The van der Waals surface area contributed by atoms with Crippen LogP contribution in [0.25, 0.3) is 0 Å². The molecule has 0 radical (unpaired) electrons. The Morgan fingerprint density at radius 3 is 3.17 bits per heavy atom. The van der Waals surface area contributed by atoms with Crippen LogP contribution in [0.4, 0.5) is 11.8 Å². The Morgan fingerprint density at radius 2 is 2.44 bits per heavy atom. The van der Waals surface area contributed by atoms with Crippen molar-refractivity contribution in [2.45, 2.75) is 26.3 Å². The summed E-state index contributed by atoms with van der Waals surface area (Å²) in [5, 5.41) is 6.04. The predicted octanol–water partition coefficient (Wildman–Crippen LogP) is 0.623. The number of rotatable bonds is 4. The normalized spacial score (nSPS) is 18.8. The molecule has 0 saturated carbocycles. The van der Waals surface area contributed by atoms with Gasteiger partial charge in [0, 0.05) is 38.8 Å². The van der Waals surface area contributed by atoms with E-state index in [-0.39, 0.29) is 11.9 Å². The minimum atomic E-state index is 0.0258. The van der Waals surface area contributed by atoms with Gasteiger partial charge in [0.1, 0.15) is 5.82 Å². The molecule has 0 bridgehead atoms. The summed E-state index contributed by atoms with van der Waals surface area (Å²) in [5.74, 6) is 1.59. The molecule has 0 spiro atoms. The highest BCUT2D eigenvalue weighted by molar-refractivity contribution is 5.73. The highest BCUT2D eigenvalue weighted by Gasteiger charge is 2.24. The monoisotopic (exact) mass is 249 g/mol. The molecule has 1 aromatic heterocycles. The van der Waals surface area contributed by atoms with Crippen LogP contribution in [0, 0.1) is 0 Å². The fraction of sp³-hybridized carbons (Fsp3) is 0.583. The van der Waals surface area contributed by atoms with E-state index >= 15 is 0 Å². The van der Waals surface area contributed by atoms with E-state index in [1.54, 1.807) is 13.1 Å². The van der Waals surface area contributed by atoms with Gasteiger partial charge in [-0.05, 0) is 19.4 Å². The van der Waals surface area contributed by atoms with Gasteiger partial charge in [-0.25, -0.2) is 4.98 Å². The molecule has 0 aromatic carbocycles. The van der Waals surface area contributed by atoms with E-state index in [0.717, 1.165) is 31.9 Å². The lowest BCUT2D eigenvalue weighted by Crippen LogP contribution is -2.35. The van der Waals surface area contributed by atoms with Crippen LogP contribution in [0.1, 0.15) is 20.3 Å². The van der Waals surface area contributed by atoms with Gasteiger partial charge in [0.25, 0.3) is 0 Å². The van der Waals surface area contributed by atoms with E-state index < -0.39 is 0 Å².